The second-order valence-corrected chi connectivity index (χ2v) is 9.49. The summed E-state index contributed by atoms with van der Waals surface area (Å²) in [6.45, 7) is 8.60. The van der Waals surface area contributed by atoms with Gasteiger partial charge in [-0.2, -0.15) is 0 Å². The van der Waals surface area contributed by atoms with Gasteiger partial charge >= 0.3 is 12.0 Å². The Labute approximate surface area is 215 Å². The van der Waals surface area contributed by atoms with Gasteiger partial charge in [0.05, 0.1) is 12.6 Å². The minimum Gasteiger partial charge on any atom is -0.480 e. The maximum Gasteiger partial charge on any atom is 0.327 e. The molecule has 1 unspecified atom stereocenters. The van der Waals surface area contributed by atoms with E-state index in [2.05, 4.69) is 17.2 Å². The molecule has 0 spiro atoms. The van der Waals surface area contributed by atoms with Gasteiger partial charge in [-0.25, -0.2) is 14.0 Å². The molecular formula is C26H35FN4O6. The van der Waals surface area contributed by atoms with Crippen LogP contribution in [0.3, 0.4) is 0 Å². The van der Waals surface area contributed by atoms with E-state index in [1.165, 1.54) is 30.2 Å². The van der Waals surface area contributed by atoms with Crippen molar-refractivity contribution in [3.63, 3.8) is 0 Å². The molecule has 4 atom stereocenters. The lowest BCUT2D eigenvalue weighted by Gasteiger charge is -2.33. The molecule has 1 fully saturated rings. The first-order chi connectivity index (χ1) is 17.4. The molecule has 10 nitrogen and oxygen atoms in total. The van der Waals surface area contributed by atoms with Crippen LogP contribution in [-0.2, 0) is 14.4 Å². The second-order valence-electron chi connectivity index (χ2n) is 9.49. The minimum absolute atomic E-state index is 0.240. The van der Waals surface area contributed by atoms with E-state index >= 15 is 0 Å². The zero-order valence-corrected chi connectivity index (χ0v) is 21.6. The maximum atomic E-state index is 13.2. The molecule has 1 aromatic carbocycles. The number of likely N-dealkylation sites (tertiary alicyclic amines) is 1. The van der Waals surface area contributed by atoms with Crippen molar-refractivity contribution >= 4 is 29.6 Å². The van der Waals surface area contributed by atoms with Gasteiger partial charge in [-0.15, -0.1) is 6.58 Å². The van der Waals surface area contributed by atoms with Crippen molar-refractivity contribution in [2.45, 2.75) is 51.7 Å². The predicted molar refractivity (Wildman–Crippen MR) is 134 cm³/mol. The number of benzene rings is 1. The van der Waals surface area contributed by atoms with Crippen LogP contribution in [0.25, 0.3) is 0 Å². The first-order valence-corrected chi connectivity index (χ1v) is 12.1. The zero-order valence-electron chi connectivity index (χ0n) is 21.6. The number of Topliss-reactive ketones (excluding diaryl/α,β-unsaturated/α-hetero) is 1. The van der Waals surface area contributed by atoms with Crippen LogP contribution in [0, 0.1) is 17.7 Å². The molecule has 0 radical (unpaired) electrons. The van der Waals surface area contributed by atoms with Crippen LogP contribution >= 0.6 is 0 Å². The topological polar surface area (TPSA) is 136 Å². The Morgan fingerprint density at radius 3 is 2.35 bits per heavy atom. The smallest absolute Gasteiger partial charge is 0.327 e. The molecule has 1 saturated heterocycles. The number of nitrogens with one attached hydrogen (secondary N) is 2. The van der Waals surface area contributed by atoms with Crippen molar-refractivity contribution in [1.29, 1.82) is 0 Å². The standard InChI is InChI=1S/C26H35FN4O6/c1-6-16(4)22(25(35)36)30(5)24(34)19-8-7-13-31(19)20(32)14-28-26(37)29-21(15(2)3)23(33)17-9-11-18(27)12-10-17/h6,9-12,15-16,19,21-22H,1,7-8,13-14H2,2-5H3,(H,35,36)(H2,28,29,37)/t16?,19-,21-,22+/m0/s1. The van der Waals surface area contributed by atoms with Gasteiger partial charge in [0.15, 0.2) is 5.78 Å². The van der Waals surface area contributed by atoms with Gasteiger partial charge < -0.3 is 25.5 Å². The van der Waals surface area contributed by atoms with E-state index in [9.17, 15) is 33.5 Å². The van der Waals surface area contributed by atoms with Crippen LogP contribution in [0.5, 0.6) is 0 Å². The number of carboxylic acids is 1. The minimum atomic E-state index is -1.17. The fourth-order valence-electron chi connectivity index (χ4n) is 4.34. The summed E-state index contributed by atoms with van der Waals surface area (Å²) in [5, 5.41) is 14.6. The van der Waals surface area contributed by atoms with Gasteiger partial charge in [0, 0.05) is 25.1 Å². The average Bonchev–Trinajstić information content (AvgIpc) is 3.35. The number of carboxylic acid groups (broad SMARTS) is 1. The summed E-state index contributed by atoms with van der Waals surface area (Å²) in [5.74, 6) is -3.85. The lowest BCUT2D eigenvalue weighted by Crippen LogP contribution is -2.55. The Kier molecular flexibility index (Phi) is 10.3. The average molecular weight is 519 g/mol. The Hall–Kier alpha value is -3.76. The number of likely N-dealkylation sites (N-methyl/N-ethyl adjacent to an activating group) is 1. The van der Waals surface area contributed by atoms with E-state index in [4.69, 9.17) is 0 Å². The molecule has 37 heavy (non-hydrogen) atoms. The summed E-state index contributed by atoms with van der Waals surface area (Å²) < 4.78 is 13.2. The van der Waals surface area contributed by atoms with Crippen molar-refractivity contribution in [3.8, 4) is 0 Å². The number of ketones is 1. The van der Waals surface area contributed by atoms with Crippen molar-refractivity contribution in [2.75, 3.05) is 20.1 Å². The fraction of sp³-hybridized carbons (Fsp3) is 0.500. The third-order valence-electron chi connectivity index (χ3n) is 6.51. The highest BCUT2D eigenvalue weighted by atomic mass is 19.1. The first-order valence-electron chi connectivity index (χ1n) is 12.1. The Morgan fingerprint density at radius 2 is 1.81 bits per heavy atom. The van der Waals surface area contributed by atoms with E-state index in [-0.39, 0.29) is 11.5 Å². The fourth-order valence-corrected chi connectivity index (χ4v) is 4.34. The number of nitrogens with zero attached hydrogens (tertiary/aromatic N) is 2. The van der Waals surface area contributed by atoms with Crippen molar-refractivity contribution in [3.05, 3.63) is 48.3 Å². The van der Waals surface area contributed by atoms with Gasteiger partial charge in [0.2, 0.25) is 11.8 Å². The second kappa shape index (κ2) is 13.0. The van der Waals surface area contributed by atoms with Gasteiger partial charge in [0.25, 0.3) is 0 Å². The Bertz CT molecular complexity index is 1030. The molecule has 0 aromatic heterocycles. The molecule has 1 heterocycles. The monoisotopic (exact) mass is 518 g/mol. The summed E-state index contributed by atoms with van der Waals surface area (Å²) in [4.78, 5) is 65.5. The van der Waals surface area contributed by atoms with Crippen LogP contribution in [0.2, 0.25) is 0 Å². The first kappa shape index (κ1) is 29.5. The number of hydrogen-bond donors (Lipinski definition) is 3. The van der Waals surface area contributed by atoms with Crippen LogP contribution in [0.4, 0.5) is 9.18 Å². The van der Waals surface area contributed by atoms with E-state index in [1.807, 2.05) is 0 Å². The Morgan fingerprint density at radius 1 is 1.19 bits per heavy atom. The molecule has 1 aliphatic heterocycles. The van der Waals surface area contributed by atoms with Gasteiger partial charge in [-0.3, -0.25) is 14.4 Å². The Balaban J connectivity index is 2.01. The highest BCUT2D eigenvalue weighted by Gasteiger charge is 2.40. The third-order valence-corrected chi connectivity index (χ3v) is 6.51. The van der Waals surface area contributed by atoms with Crippen molar-refractivity contribution in [1.82, 2.24) is 20.4 Å². The predicted octanol–water partition coefficient (Wildman–Crippen LogP) is 2.06. The van der Waals surface area contributed by atoms with Gasteiger partial charge in [-0.05, 0) is 43.0 Å². The molecule has 4 amide bonds. The van der Waals surface area contributed by atoms with Crippen LogP contribution in [0.15, 0.2) is 36.9 Å². The van der Waals surface area contributed by atoms with Crippen LogP contribution < -0.4 is 10.6 Å². The molecule has 1 aliphatic rings. The van der Waals surface area contributed by atoms with Gasteiger partial charge in [-0.1, -0.05) is 26.8 Å². The number of hydrogen-bond acceptors (Lipinski definition) is 5. The molecule has 202 valence electrons. The number of carbonyl (C=O) groups is 5. The lowest BCUT2D eigenvalue weighted by molar-refractivity contribution is -0.153. The summed E-state index contributed by atoms with van der Waals surface area (Å²) in [6.07, 6.45) is 2.38. The third kappa shape index (κ3) is 7.37. The largest absolute Gasteiger partial charge is 0.480 e. The molecule has 1 aromatic rings. The molecule has 11 heteroatoms. The van der Waals surface area contributed by atoms with Crippen molar-refractivity contribution in [2.24, 2.45) is 11.8 Å². The molecule has 0 bridgehead atoms. The molecule has 0 saturated carbocycles. The molecule has 2 rings (SSSR count). The van der Waals surface area contributed by atoms with E-state index < -0.39 is 66.0 Å². The normalized spacial score (nSPS) is 17.5. The highest BCUT2D eigenvalue weighted by molar-refractivity contribution is 6.02. The van der Waals surface area contributed by atoms with E-state index in [0.717, 1.165) is 17.0 Å². The molecule has 3 N–H and O–H groups in total. The van der Waals surface area contributed by atoms with E-state index in [1.54, 1.807) is 20.8 Å². The molecular weight excluding hydrogens is 483 g/mol. The number of aliphatic carboxylic acids is 1. The lowest BCUT2D eigenvalue weighted by atomic mass is 9.95. The quantitative estimate of drug-likeness (QED) is 0.303. The van der Waals surface area contributed by atoms with Crippen LogP contribution in [0.1, 0.15) is 44.0 Å². The summed E-state index contributed by atoms with van der Waals surface area (Å²) >= 11 is 0. The summed E-state index contributed by atoms with van der Waals surface area (Å²) in [5.41, 5.74) is 0.240. The maximum absolute atomic E-state index is 13.2. The summed E-state index contributed by atoms with van der Waals surface area (Å²) in [7, 11) is 1.39. The number of rotatable bonds is 11. The van der Waals surface area contributed by atoms with Gasteiger partial charge in [0.1, 0.15) is 17.9 Å². The number of carbonyl (C=O) groups excluding carboxylic acids is 4. The molecule has 0 aliphatic carbocycles. The summed E-state index contributed by atoms with van der Waals surface area (Å²) in [6, 6.07) is 1.37. The van der Waals surface area contributed by atoms with Crippen LogP contribution in [-0.4, -0.2) is 82.8 Å². The SMILES string of the molecule is C=CC(C)[C@H](C(=O)O)N(C)C(=O)[C@@H]1CCCN1C(=O)CNC(=O)N[C@H](C(=O)c1ccc(F)cc1)C(C)C. The highest BCUT2D eigenvalue weighted by Crippen LogP contribution is 2.22. The number of halogens is 1. The van der Waals surface area contributed by atoms with E-state index in [0.29, 0.717) is 19.4 Å². The van der Waals surface area contributed by atoms with Crippen molar-refractivity contribution < 1.29 is 33.5 Å². The number of amides is 4. The zero-order chi connectivity index (χ0) is 27.9. The number of urea groups is 1.